The normalized spacial score (nSPS) is 15.4. The molecule has 0 amide bonds. The molecule has 110 valence electrons. The van der Waals surface area contributed by atoms with E-state index in [0.717, 1.165) is 28.0 Å². The van der Waals surface area contributed by atoms with Crippen LogP contribution in [0.15, 0.2) is 40.9 Å². The van der Waals surface area contributed by atoms with E-state index in [1.165, 1.54) is 30.4 Å². The molecule has 2 nitrogen and oxygen atoms in total. The van der Waals surface area contributed by atoms with Crippen LogP contribution < -0.4 is 4.74 Å². The molecule has 0 fully saturated rings. The zero-order valence-electron chi connectivity index (χ0n) is 12.1. The number of aliphatic hydroxyl groups is 1. The first kappa shape index (κ1) is 14.6. The summed E-state index contributed by atoms with van der Waals surface area (Å²) in [6.07, 6.45) is 4.41. The first-order valence-electron chi connectivity index (χ1n) is 7.40. The van der Waals surface area contributed by atoms with Crippen LogP contribution in [0.4, 0.5) is 0 Å². The molecular formula is C18H19BrO2. The third kappa shape index (κ3) is 3.30. The maximum atomic E-state index is 9.65. The molecule has 21 heavy (non-hydrogen) atoms. The van der Waals surface area contributed by atoms with Gasteiger partial charge >= 0.3 is 0 Å². The number of benzene rings is 2. The summed E-state index contributed by atoms with van der Waals surface area (Å²) >= 11 is 3.48. The van der Waals surface area contributed by atoms with E-state index in [9.17, 15) is 5.11 Å². The Morgan fingerprint density at radius 1 is 1.00 bits per heavy atom. The van der Waals surface area contributed by atoms with E-state index in [1.807, 2.05) is 24.3 Å². The lowest BCUT2D eigenvalue weighted by Crippen LogP contribution is -2.02. The molecule has 2 aromatic carbocycles. The van der Waals surface area contributed by atoms with Gasteiger partial charge in [-0.1, -0.05) is 28.1 Å². The van der Waals surface area contributed by atoms with Crippen molar-refractivity contribution in [2.24, 2.45) is 0 Å². The first-order chi connectivity index (χ1) is 10.1. The summed E-state index contributed by atoms with van der Waals surface area (Å²) in [5.41, 5.74) is 3.74. The Balaban J connectivity index is 1.82. The topological polar surface area (TPSA) is 29.5 Å². The Morgan fingerprint density at radius 2 is 1.67 bits per heavy atom. The molecule has 1 atom stereocenters. The van der Waals surface area contributed by atoms with Gasteiger partial charge in [0, 0.05) is 4.47 Å². The van der Waals surface area contributed by atoms with Crippen LogP contribution in [0, 0.1) is 0 Å². The molecule has 1 aliphatic rings. The van der Waals surface area contributed by atoms with Crippen LogP contribution in [0.5, 0.6) is 11.5 Å². The van der Waals surface area contributed by atoms with Crippen molar-refractivity contribution < 1.29 is 9.84 Å². The van der Waals surface area contributed by atoms with E-state index < -0.39 is 6.10 Å². The van der Waals surface area contributed by atoms with E-state index in [0.29, 0.717) is 0 Å². The molecule has 0 heterocycles. The lowest BCUT2D eigenvalue weighted by atomic mass is 9.92. The monoisotopic (exact) mass is 346 g/mol. The minimum absolute atomic E-state index is 0.489. The van der Waals surface area contributed by atoms with Crippen LogP contribution in [0.3, 0.4) is 0 Å². The van der Waals surface area contributed by atoms with Gasteiger partial charge in [0.25, 0.3) is 0 Å². The summed E-state index contributed by atoms with van der Waals surface area (Å²) in [5.74, 6) is 1.66. The largest absolute Gasteiger partial charge is 0.457 e. The number of hydrogen-bond acceptors (Lipinski definition) is 2. The fourth-order valence-corrected chi connectivity index (χ4v) is 3.51. The number of aliphatic hydroxyl groups excluding tert-OH is 1. The average Bonchev–Trinajstić information content (AvgIpc) is 2.47. The fraction of sp³-hybridized carbons (Fsp3) is 0.333. The van der Waals surface area contributed by atoms with Crippen molar-refractivity contribution in [3.05, 3.63) is 57.6 Å². The van der Waals surface area contributed by atoms with Crippen LogP contribution in [0.2, 0.25) is 0 Å². The predicted molar refractivity (Wildman–Crippen MR) is 87.9 cm³/mol. The van der Waals surface area contributed by atoms with Gasteiger partial charge in [0.1, 0.15) is 11.5 Å². The highest BCUT2D eigenvalue weighted by Gasteiger charge is 2.11. The molecule has 1 N–H and O–H groups in total. The molecule has 0 spiro atoms. The maximum absolute atomic E-state index is 9.65. The van der Waals surface area contributed by atoms with Crippen LogP contribution >= 0.6 is 15.9 Å². The Kier molecular flexibility index (Phi) is 4.32. The van der Waals surface area contributed by atoms with Crippen molar-refractivity contribution >= 4 is 15.9 Å². The minimum atomic E-state index is -0.489. The van der Waals surface area contributed by atoms with Gasteiger partial charge < -0.3 is 9.84 Å². The van der Waals surface area contributed by atoms with Crippen LogP contribution in [-0.4, -0.2) is 5.11 Å². The molecule has 3 rings (SSSR count). The van der Waals surface area contributed by atoms with Gasteiger partial charge in [-0.05, 0) is 73.6 Å². The van der Waals surface area contributed by atoms with Gasteiger partial charge in [-0.15, -0.1) is 0 Å². The summed E-state index contributed by atoms with van der Waals surface area (Å²) < 4.78 is 6.82. The minimum Gasteiger partial charge on any atom is -0.457 e. The third-order valence-electron chi connectivity index (χ3n) is 3.98. The van der Waals surface area contributed by atoms with Crippen molar-refractivity contribution in [1.82, 2.24) is 0 Å². The summed E-state index contributed by atoms with van der Waals surface area (Å²) in [4.78, 5) is 0. The third-order valence-corrected chi connectivity index (χ3v) is 4.66. The van der Waals surface area contributed by atoms with Gasteiger partial charge in [-0.3, -0.25) is 0 Å². The van der Waals surface area contributed by atoms with Crippen LogP contribution in [0.1, 0.15) is 42.6 Å². The van der Waals surface area contributed by atoms with Gasteiger partial charge in [0.05, 0.1) is 6.10 Å². The van der Waals surface area contributed by atoms with Gasteiger partial charge in [-0.25, -0.2) is 0 Å². The molecule has 0 aromatic heterocycles. The van der Waals surface area contributed by atoms with E-state index in [1.54, 1.807) is 6.92 Å². The SMILES string of the molecule is CC(O)c1ccc(Oc2ccc3c(c2)CCCC3)cc1Br. The quantitative estimate of drug-likeness (QED) is 0.830. The van der Waals surface area contributed by atoms with Crippen molar-refractivity contribution in [3.8, 4) is 11.5 Å². The maximum Gasteiger partial charge on any atom is 0.128 e. The smallest absolute Gasteiger partial charge is 0.128 e. The van der Waals surface area contributed by atoms with Gasteiger partial charge in [0.15, 0.2) is 0 Å². The fourth-order valence-electron chi connectivity index (χ4n) is 2.82. The van der Waals surface area contributed by atoms with Crippen LogP contribution in [0.25, 0.3) is 0 Å². The van der Waals surface area contributed by atoms with Crippen molar-refractivity contribution in [2.45, 2.75) is 38.7 Å². The Morgan fingerprint density at radius 3 is 2.38 bits per heavy atom. The average molecular weight is 347 g/mol. The van der Waals surface area contributed by atoms with E-state index in [2.05, 4.69) is 28.1 Å². The second kappa shape index (κ2) is 6.20. The summed E-state index contributed by atoms with van der Waals surface area (Å²) in [7, 11) is 0. The number of hydrogen-bond donors (Lipinski definition) is 1. The van der Waals surface area contributed by atoms with E-state index >= 15 is 0 Å². The van der Waals surface area contributed by atoms with E-state index in [-0.39, 0.29) is 0 Å². The van der Waals surface area contributed by atoms with Crippen LogP contribution in [-0.2, 0) is 12.8 Å². The lowest BCUT2D eigenvalue weighted by Gasteiger charge is -2.17. The van der Waals surface area contributed by atoms with Gasteiger partial charge in [-0.2, -0.15) is 0 Å². The summed E-state index contributed by atoms with van der Waals surface area (Å²) in [5, 5.41) is 9.65. The van der Waals surface area contributed by atoms with Gasteiger partial charge in [0.2, 0.25) is 0 Å². The molecule has 0 saturated carbocycles. The number of fused-ring (bicyclic) bond motifs is 1. The molecule has 1 unspecified atom stereocenters. The zero-order chi connectivity index (χ0) is 14.8. The standard InChI is InChI=1S/C18H19BrO2/c1-12(20)17-9-8-16(11-18(17)19)21-15-7-6-13-4-2-3-5-14(13)10-15/h6-12,20H,2-5H2,1H3. The number of ether oxygens (including phenoxy) is 1. The second-order valence-electron chi connectivity index (χ2n) is 5.60. The Hall–Kier alpha value is -1.32. The summed E-state index contributed by atoms with van der Waals surface area (Å²) in [6, 6.07) is 12.1. The zero-order valence-corrected chi connectivity index (χ0v) is 13.7. The molecular weight excluding hydrogens is 328 g/mol. The highest BCUT2D eigenvalue weighted by molar-refractivity contribution is 9.10. The molecule has 0 bridgehead atoms. The molecule has 0 aliphatic heterocycles. The number of halogens is 1. The van der Waals surface area contributed by atoms with Crippen molar-refractivity contribution in [3.63, 3.8) is 0 Å². The Bertz CT molecular complexity index is 650. The Labute approximate surface area is 133 Å². The van der Waals surface area contributed by atoms with Crippen molar-refractivity contribution in [1.29, 1.82) is 0 Å². The lowest BCUT2D eigenvalue weighted by molar-refractivity contribution is 0.198. The summed E-state index contributed by atoms with van der Waals surface area (Å²) in [6.45, 7) is 1.75. The number of aryl methyl sites for hydroxylation is 2. The van der Waals surface area contributed by atoms with Crippen molar-refractivity contribution in [2.75, 3.05) is 0 Å². The highest BCUT2D eigenvalue weighted by Crippen LogP contribution is 2.32. The molecule has 1 aliphatic carbocycles. The first-order valence-corrected chi connectivity index (χ1v) is 8.20. The molecule has 3 heteroatoms. The highest BCUT2D eigenvalue weighted by atomic mass is 79.9. The molecule has 0 radical (unpaired) electrons. The number of rotatable bonds is 3. The molecule has 2 aromatic rings. The second-order valence-corrected chi connectivity index (χ2v) is 6.45. The predicted octanol–water partition coefficient (Wildman–Crippen LogP) is 5.17. The molecule has 0 saturated heterocycles. The van der Waals surface area contributed by atoms with E-state index in [4.69, 9.17) is 4.74 Å².